The number of hydrogen-bond donors (Lipinski definition) is 3. The van der Waals surface area contributed by atoms with E-state index in [4.69, 9.17) is 9.40 Å². The standard InChI is InChI=1S/C25H21N9O2/c1-34(2)12-20(35)28-16-9-15(10-26-11-16)18-3-4-19-22(29-18)23(33-32-19)25-30-21-17(14-6-8-36-13-14)5-7-27-24(21)31-25/h3-11,13H,12H2,1-2H3,(H,28,35)(H,32,33)(H,27,30,31). The second-order valence-electron chi connectivity index (χ2n) is 8.57. The maximum atomic E-state index is 12.2. The quantitative estimate of drug-likeness (QED) is 0.328. The first-order valence-electron chi connectivity index (χ1n) is 11.2. The summed E-state index contributed by atoms with van der Waals surface area (Å²) in [5.41, 5.74) is 7.26. The highest BCUT2D eigenvalue weighted by atomic mass is 16.3. The molecular formula is C25H21N9O2. The second kappa shape index (κ2) is 8.71. The lowest BCUT2D eigenvalue weighted by Crippen LogP contribution is -2.27. The minimum Gasteiger partial charge on any atom is -0.472 e. The molecule has 6 aromatic heterocycles. The molecule has 0 radical (unpaired) electrons. The number of likely N-dealkylation sites (N-methyl/N-ethyl adjacent to an activating group) is 1. The predicted molar refractivity (Wildman–Crippen MR) is 135 cm³/mol. The van der Waals surface area contributed by atoms with Crippen molar-refractivity contribution in [2.24, 2.45) is 0 Å². The van der Waals surface area contributed by atoms with Gasteiger partial charge in [0.2, 0.25) is 5.91 Å². The number of amides is 1. The number of nitrogens with one attached hydrogen (secondary N) is 3. The van der Waals surface area contributed by atoms with E-state index in [-0.39, 0.29) is 12.5 Å². The zero-order chi connectivity index (χ0) is 24.6. The van der Waals surface area contributed by atoms with E-state index >= 15 is 0 Å². The molecule has 0 aliphatic carbocycles. The van der Waals surface area contributed by atoms with E-state index in [1.165, 1.54) is 0 Å². The lowest BCUT2D eigenvalue weighted by molar-refractivity contribution is -0.116. The summed E-state index contributed by atoms with van der Waals surface area (Å²) in [5, 5.41) is 10.4. The van der Waals surface area contributed by atoms with Crippen LogP contribution in [0.25, 0.3) is 56.1 Å². The molecule has 1 amide bonds. The summed E-state index contributed by atoms with van der Waals surface area (Å²) in [7, 11) is 3.68. The number of rotatable bonds is 6. The van der Waals surface area contributed by atoms with E-state index in [2.05, 4.69) is 35.5 Å². The summed E-state index contributed by atoms with van der Waals surface area (Å²) in [6.45, 7) is 0.279. The zero-order valence-corrected chi connectivity index (χ0v) is 19.5. The summed E-state index contributed by atoms with van der Waals surface area (Å²) >= 11 is 0. The molecule has 11 nitrogen and oxygen atoms in total. The molecule has 0 bridgehead atoms. The van der Waals surface area contributed by atoms with Crippen LogP contribution in [0.1, 0.15) is 0 Å². The number of carbonyl (C=O) groups is 1. The molecule has 178 valence electrons. The average Bonchev–Trinajstić information content (AvgIpc) is 3.62. The molecule has 0 aromatic carbocycles. The highest BCUT2D eigenvalue weighted by Crippen LogP contribution is 2.31. The maximum absolute atomic E-state index is 12.2. The number of nitrogens with zero attached hydrogens (tertiary/aromatic N) is 6. The third kappa shape index (κ3) is 3.97. The van der Waals surface area contributed by atoms with Crippen molar-refractivity contribution in [2.45, 2.75) is 0 Å². The van der Waals surface area contributed by atoms with Crippen LogP contribution in [0.3, 0.4) is 0 Å². The van der Waals surface area contributed by atoms with Gasteiger partial charge in [-0.2, -0.15) is 5.10 Å². The van der Waals surface area contributed by atoms with Crippen molar-refractivity contribution >= 4 is 33.8 Å². The Morgan fingerprint density at radius 1 is 1.11 bits per heavy atom. The smallest absolute Gasteiger partial charge is 0.238 e. The van der Waals surface area contributed by atoms with Gasteiger partial charge in [0.15, 0.2) is 17.2 Å². The van der Waals surface area contributed by atoms with E-state index < -0.39 is 0 Å². The van der Waals surface area contributed by atoms with Crippen LogP contribution in [0.2, 0.25) is 0 Å². The average molecular weight is 480 g/mol. The van der Waals surface area contributed by atoms with Crippen LogP contribution in [0.15, 0.2) is 65.9 Å². The van der Waals surface area contributed by atoms with Crippen molar-refractivity contribution in [1.29, 1.82) is 0 Å². The fourth-order valence-electron chi connectivity index (χ4n) is 4.04. The summed E-state index contributed by atoms with van der Waals surface area (Å²) in [6, 6.07) is 9.42. The van der Waals surface area contributed by atoms with E-state index in [0.717, 1.165) is 27.7 Å². The maximum Gasteiger partial charge on any atom is 0.238 e. The molecule has 0 aliphatic heterocycles. The van der Waals surface area contributed by atoms with Gasteiger partial charge in [-0.3, -0.25) is 14.9 Å². The summed E-state index contributed by atoms with van der Waals surface area (Å²) in [6.07, 6.45) is 8.34. The van der Waals surface area contributed by atoms with E-state index in [0.29, 0.717) is 34.1 Å². The molecular weight excluding hydrogens is 458 g/mol. The topological polar surface area (TPSA) is 142 Å². The molecule has 0 fully saturated rings. The van der Waals surface area contributed by atoms with Gasteiger partial charge in [0, 0.05) is 29.1 Å². The lowest BCUT2D eigenvalue weighted by atomic mass is 10.1. The fraction of sp³-hybridized carbons (Fsp3) is 0.120. The van der Waals surface area contributed by atoms with Crippen LogP contribution in [-0.4, -0.2) is 66.6 Å². The second-order valence-corrected chi connectivity index (χ2v) is 8.57. The van der Waals surface area contributed by atoms with Crippen molar-refractivity contribution in [3.8, 4) is 33.9 Å². The number of furan rings is 1. The molecule has 6 aromatic rings. The molecule has 11 heteroatoms. The largest absolute Gasteiger partial charge is 0.472 e. The minimum absolute atomic E-state index is 0.118. The van der Waals surface area contributed by atoms with Crippen LogP contribution < -0.4 is 5.32 Å². The molecule has 36 heavy (non-hydrogen) atoms. The van der Waals surface area contributed by atoms with Gasteiger partial charge in [-0.25, -0.2) is 15.0 Å². The molecule has 0 aliphatic rings. The van der Waals surface area contributed by atoms with Crippen molar-refractivity contribution in [3.05, 3.63) is 61.4 Å². The van der Waals surface area contributed by atoms with Crippen LogP contribution in [-0.2, 0) is 4.79 Å². The molecule has 0 saturated heterocycles. The highest BCUT2D eigenvalue weighted by Gasteiger charge is 2.18. The predicted octanol–water partition coefficient (Wildman–Crippen LogP) is 3.72. The molecule has 0 atom stereocenters. The molecule has 6 heterocycles. The van der Waals surface area contributed by atoms with Crippen LogP contribution >= 0.6 is 0 Å². The summed E-state index contributed by atoms with van der Waals surface area (Å²) in [4.78, 5) is 35.5. The number of anilines is 1. The number of fused-ring (bicyclic) bond motifs is 2. The first-order valence-corrected chi connectivity index (χ1v) is 11.2. The number of hydrogen-bond acceptors (Lipinski definition) is 8. The third-order valence-electron chi connectivity index (χ3n) is 5.63. The molecule has 3 N–H and O–H groups in total. The van der Waals surface area contributed by atoms with E-state index in [9.17, 15) is 4.79 Å². The van der Waals surface area contributed by atoms with Gasteiger partial charge in [-0.15, -0.1) is 0 Å². The van der Waals surface area contributed by atoms with Gasteiger partial charge >= 0.3 is 0 Å². The molecule has 0 unspecified atom stereocenters. The Labute approximate surface area is 204 Å². The van der Waals surface area contributed by atoms with Gasteiger partial charge in [0.25, 0.3) is 0 Å². The highest BCUT2D eigenvalue weighted by molar-refractivity contribution is 5.95. The Kier molecular flexibility index (Phi) is 5.23. The van der Waals surface area contributed by atoms with Gasteiger partial charge in [0.1, 0.15) is 5.52 Å². The Bertz CT molecular complexity index is 1700. The first-order chi connectivity index (χ1) is 17.5. The monoisotopic (exact) mass is 479 g/mol. The zero-order valence-electron chi connectivity index (χ0n) is 19.5. The van der Waals surface area contributed by atoms with Crippen molar-refractivity contribution < 1.29 is 9.21 Å². The van der Waals surface area contributed by atoms with Gasteiger partial charge in [-0.05, 0) is 44.4 Å². The normalized spacial score (nSPS) is 11.5. The Hall–Kier alpha value is -4.90. The lowest BCUT2D eigenvalue weighted by Gasteiger charge is -2.10. The van der Waals surface area contributed by atoms with Gasteiger partial charge in [0.05, 0.1) is 47.7 Å². The van der Waals surface area contributed by atoms with Crippen molar-refractivity contribution in [3.63, 3.8) is 0 Å². The summed E-state index contributed by atoms with van der Waals surface area (Å²) in [5.74, 6) is 0.430. The Balaban J connectivity index is 1.38. The number of pyridine rings is 3. The SMILES string of the molecule is CN(C)CC(=O)Nc1cncc(-c2ccc3[nH]nc(-c4nc5nccc(-c6ccoc6)c5[nH]4)c3n2)c1. The number of aromatic amines is 2. The van der Waals surface area contributed by atoms with Gasteiger partial charge < -0.3 is 19.6 Å². The first kappa shape index (κ1) is 21.6. The molecule has 0 spiro atoms. The van der Waals surface area contributed by atoms with Gasteiger partial charge in [-0.1, -0.05) is 0 Å². The third-order valence-corrected chi connectivity index (χ3v) is 5.63. The van der Waals surface area contributed by atoms with E-state index in [1.807, 2.05) is 44.4 Å². The summed E-state index contributed by atoms with van der Waals surface area (Å²) < 4.78 is 5.24. The van der Waals surface area contributed by atoms with E-state index in [1.54, 1.807) is 36.0 Å². The molecule has 0 saturated carbocycles. The van der Waals surface area contributed by atoms with Crippen LogP contribution in [0.4, 0.5) is 5.69 Å². The fourth-order valence-corrected chi connectivity index (χ4v) is 4.04. The van der Waals surface area contributed by atoms with Crippen LogP contribution in [0.5, 0.6) is 0 Å². The number of H-pyrrole nitrogens is 2. The number of carbonyl (C=O) groups excluding carboxylic acids is 1. The Morgan fingerprint density at radius 3 is 2.86 bits per heavy atom. The number of imidazole rings is 1. The van der Waals surface area contributed by atoms with Crippen LogP contribution in [0, 0.1) is 0 Å². The minimum atomic E-state index is -0.118. The van der Waals surface area contributed by atoms with Crippen molar-refractivity contribution in [2.75, 3.05) is 26.0 Å². The Morgan fingerprint density at radius 2 is 2.03 bits per heavy atom. The van der Waals surface area contributed by atoms with Crippen molar-refractivity contribution in [1.82, 2.24) is 40.0 Å². The molecule has 6 rings (SSSR count). The number of aromatic nitrogens is 7.